The number of ether oxygens (including phenoxy) is 2. The van der Waals surface area contributed by atoms with Gasteiger partial charge in [0.15, 0.2) is 5.96 Å². The fraction of sp³-hybridized carbons (Fsp3) is 0.647. The molecule has 0 aliphatic rings. The number of nitrogens with zero attached hydrogens (tertiary/aromatic N) is 2. The van der Waals surface area contributed by atoms with E-state index in [1.54, 1.807) is 13.3 Å². The average molecular weight is 322 g/mol. The minimum Gasteiger partial charge on any atom is -0.481 e. The maximum Gasteiger partial charge on any atom is 0.212 e. The molecule has 2 N–H and O–H groups in total. The van der Waals surface area contributed by atoms with Crippen molar-refractivity contribution in [3.05, 3.63) is 23.9 Å². The Balaban J connectivity index is 2.34. The summed E-state index contributed by atoms with van der Waals surface area (Å²) in [5, 5.41) is 6.49. The fourth-order valence-electron chi connectivity index (χ4n) is 1.80. The minimum absolute atomic E-state index is 0.570. The van der Waals surface area contributed by atoms with E-state index in [9.17, 15) is 0 Å². The van der Waals surface area contributed by atoms with Gasteiger partial charge in [-0.15, -0.1) is 0 Å². The summed E-state index contributed by atoms with van der Waals surface area (Å²) in [4.78, 5) is 8.72. The SMILES string of the molecule is CCNC(=NCc1ccc(OC)nc1)NCCOCCC(C)C. The van der Waals surface area contributed by atoms with Crippen LogP contribution in [0.25, 0.3) is 0 Å². The van der Waals surface area contributed by atoms with Crippen molar-refractivity contribution in [3.63, 3.8) is 0 Å². The summed E-state index contributed by atoms with van der Waals surface area (Å²) in [5.74, 6) is 2.08. The normalized spacial score (nSPS) is 11.6. The number of methoxy groups -OCH3 is 1. The average Bonchev–Trinajstić information content (AvgIpc) is 2.55. The fourth-order valence-corrected chi connectivity index (χ4v) is 1.80. The summed E-state index contributed by atoms with van der Waals surface area (Å²) in [5.41, 5.74) is 1.04. The molecule has 0 amide bonds. The number of hydrogen-bond acceptors (Lipinski definition) is 4. The van der Waals surface area contributed by atoms with Crippen LogP contribution in [-0.2, 0) is 11.3 Å². The molecule has 0 aromatic carbocycles. The molecule has 130 valence electrons. The Bertz CT molecular complexity index is 446. The zero-order valence-electron chi connectivity index (χ0n) is 14.8. The highest BCUT2D eigenvalue weighted by atomic mass is 16.5. The molecule has 0 bridgehead atoms. The number of aromatic nitrogens is 1. The van der Waals surface area contributed by atoms with Gasteiger partial charge in [0, 0.05) is 32.0 Å². The quantitative estimate of drug-likeness (QED) is 0.393. The van der Waals surface area contributed by atoms with Crippen LogP contribution >= 0.6 is 0 Å². The second kappa shape index (κ2) is 11.7. The van der Waals surface area contributed by atoms with Crippen LogP contribution in [0.5, 0.6) is 5.88 Å². The van der Waals surface area contributed by atoms with E-state index in [-0.39, 0.29) is 0 Å². The molecule has 1 aromatic heterocycles. The van der Waals surface area contributed by atoms with Gasteiger partial charge in [-0.1, -0.05) is 19.9 Å². The van der Waals surface area contributed by atoms with Crippen molar-refractivity contribution in [1.82, 2.24) is 15.6 Å². The highest BCUT2D eigenvalue weighted by Gasteiger charge is 1.99. The van der Waals surface area contributed by atoms with E-state index in [0.29, 0.717) is 24.9 Å². The largest absolute Gasteiger partial charge is 0.481 e. The molecule has 0 unspecified atom stereocenters. The van der Waals surface area contributed by atoms with Crippen LogP contribution in [0.15, 0.2) is 23.3 Å². The van der Waals surface area contributed by atoms with Gasteiger partial charge in [0.25, 0.3) is 0 Å². The first-order chi connectivity index (χ1) is 11.2. The van der Waals surface area contributed by atoms with Crippen LogP contribution in [0.4, 0.5) is 0 Å². The van der Waals surface area contributed by atoms with Crippen molar-refractivity contribution in [2.75, 3.05) is 33.4 Å². The van der Waals surface area contributed by atoms with Gasteiger partial charge in [-0.2, -0.15) is 0 Å². The van der Waals surface area contributed by atoms with Gasteiger partial charge in [-0.05, 0) is 24.8 Å². The third kappa shape index (κ3) is 9.03. The Morgan fingerprint density at radius 3 is 2.70 bits per heavy atom. The Morgan fingerprint density at radius 2 is 2.09 bits per heavy atom. The number of nitrogens with one attached hydrogen (secondary N) is 2. The lowest BCUT2D eigenvalue weighted by Crippen LogP contribution is -2.39. The highest BCUT2D eigenvalue weighted by Crippen LogP contribution is 2.07. The van der Waals surface area contributed by atoms with Gasteiger partial charge < -0.3 is 20.1 Å². The predicted octanol–water partition coefficient (Wildman–Crippen LogP) is 2.21. The smallest absolute Gasteiger partial charge is 0.212 e. The molecule has 6 nitrogen and oxygen atoms in total. The third-order valence-electron chi connectivity index (χ3n) is 3.15. The molecule has 0 atom stereocenters. The lowest BCUT2D eigenvalue weighted by molar-refractivity contribution is 0.128. The van der Waals surface area contributed by atoms with Crippen molar-refractivity contribution >= 4 is 5.96 Å². The highest BCUT2D eigenvalue weighted by molar-refractivity contribution is 5.79. The molecule has 1 heterocycles. The topological polar surface area (TPSA) is 67.8 Å². The third-order valence-corrected chi connectivity index (χ3v) is 3.15. The first kappa shape index (κ1) is 19.2. The maximum absolute atomic E-state index is 5.59. The van der Waals surface area contributed by atoms with Crippen molar-refractivity contribution in [1.29, 1.82) is 0 Å². The minimum atomic E-state index is 0.570. The maximum atomic E-state index is 5.59. The molecule has 1 rings (SSSR count). The lowest BCUT2D eigenvalue weighted by atomic mass is 10.1. The predicted molar refractivity (Wildman–Crippen MR) is 93.9 cm³/mol. The number of aliphatic imine (C=N–C) groups is 1. The molecule has 0 radical (unpaired) electrons. The standard InChI is InChI=1S/C17H30N4O2/c1-5-18-17(19-9-11-23-10-8-14(2)3)21-13-15-6-7-16(22-4)20-12-15/h6-7,12,14H,5,8-11,13H2,1-4H3,(H2,18,19,21). The summed E-state index contributed by atoms with van der Waals surface area (Å²) in [6, 6.07) is 3.81. The van der Waals surface area contributed by atoms with Crippen LogP contribution in [0.3, 0.4) is 0 Å². The Labute approximate surface area is 139 Å². The molecule has 0 spiro atoms. The van der Waals surface area contributed by atoms with E-state index in [2.05, 4.69) is 34.5 Å². The Hall–Kier alpha value is -1.82. The van der Waals surface area contributed by atoms with Gasteiger partial charge in [0.1, 0.15) is 0 Å². The molecule has 0 aliphatic heterocycles. The van der Waals surface area contributed by atoms with Crippen LogP contribution in [0.1, 0.15) is 32.8 Å². The number of hydrogen-bond donors (Lipinski definition) is 2. The zero-order chi connectivity index (χ0) is 16.9. The van der Waals surface area contributed by atoms with Crippen molar-refractivity contribution in [2.45, 2.75) is 33.7 Å². The molecular weight excluding hydrogens is 292 g/mol. The van der Waals surface area contributed by atoms with E-state index in [4.69, 9.17) is 9.47 Å². The summed E-state index contributed by atoms with van der Waals surface area (Å²) in [6.07, 6.45) is 2.87. The molecule has 0 fully saturated rings. The number of pyridine rings is 1. The summed E-state index contributed by atoms with van der Waals surface area (Å²) in [7, 11) is 1.61. The first-order valence-electron chi connectivity index (χ1n) is 8.24. The molecule has 0 saturated heterocycles. The van der Waals surface area contributed by atoms with Gasteiger partial charge in [0.2, 0.25) is 5.88 Å². The summed E-state index contributed by atoms with van der Waals surface area (Å²) in [6.45, 7) is 10.1. The second-order valence-corrected chi connectivity index (χ2v) is 5.63. The molecule has 0 saturated carbocycles. The van der Waals surface area contributed by atoms with E-state index < -0.39 is 0 Å². The molecular formula is C17H30N4O2. The molecule has 1 aromatic rings. The Kier molecular flexibility index (Phi) is 9.79. The lowest BCUT2D eigenvalue weighted by Gasteiger charge is -2.12. The monoisotopic (exact) mass is 322 g/mol. The zero-order valence-corrected chi connectivity index (χ0v) is 14.8. The van der Waals surface area contributed by atoms with Crippen molar-refractivity contribution < 1.29 is 9.47 Å². The van der Waals surface area contributed by atoms with E-state index in [0.717, 1.165) is 37.6 Å². The van der Waals surface area contributed by atoms with Gasteiger partial charge >= 0.3 is 0 Å². The van der Waals surface area contributed by atoms with Crippen molar-refractivity contribution in [2.24, 2.45) is 10.9 Å². The number of guanidine groups is 1. The van der Waals surface area contributed by atoms with Crippen LogP contribution in [-0.4, -0.2) is 44.4 Å². The van der Waals surface area contributed by atoms with Crippen LogP contribution < -0.4 is 15.4 Å². The Morgan fingerprint density at radius 1 is 1.26 bits per heavy atom. The molecule has 23 heavy (non-hydrogen) atoms. The van der Waals surface area contributed by atoms with E-state index in [1.165, 1.54) is 0 Å². The second-order valence-electron chi connectivity index (χ2n) is 5.63. The summed E-state index contributed by atoms with van der Waals surface area (Å²) >= 11 is 0. The molecule has 0 aliphatic carbocycles. The summed E-state index contributed by atoms with van der Waals surface area (Å²) < 4.78 is 10.6. The van der Waals surface area contributed by atoms with Gasteiger partial charge in [-0.25, -0.2) is 9.98 Å². The van der Waals surface area contributed by atoms with E-state index >= 15 is 0 Å². The van der Waals surface area contributed by atoms with E-state index in [1.807, 2.05) is 19.1 Å². The van der Waals surface area contributed by atoms with Gasteiger partial charge in [0.05, 0.1) is 20.3 Å². The van der Waals surface area contributed by atoms with Crippen LogP contribution in [0.2, 0.25) is 0 Å². The molecule has 6 heteroatoms. The van der Waals surface area contributed by atoms with Crippen molar-refractivity contribution in [3.8, 4) is 5.88 Å². The number of rotatable bonds is 10. The first-order valence-corrected chi connectivity index (χ1v) is 8.24. The van der Waals surface area contributed by atoms with Gasteiger partial charge in [-0.3, -0.25) is 0 Å². The van der Waals surface area contributed by atoms with Crippen LogP contribution in [0, 0.1) is 5.92 Å².